The summed E-state index contributed by atoms with van der Waals surface area (Å²) in [5.74, 6) is 0.811. The quantitative estimate of drug-likeness (QED) is 0.764. The van der Waals surface area contributed by atoms with Crippen LogP contribution in [-0.4, -0.2) is 19.7 Å². The smallest absolute Gasteiger partial charge is 0.352 e. The lowest BCUT2D eigenvalue weighted by atomic mass is 10.1. The van der Waals surface area contributed by atoms with Crippen molar-refractivity contribution in [3.05, 3.63) is 60.2 Å². The SMILES string of the molecule is CCOC(=O)[C@H](Oc1cccc(OC)c1)c1ccccc1. The molecule has 2 rings (SSSR count). The Labute approximate surface area is 124 Å². The molecule has 0 unspecified atom stereocenters. The lowest BCUT2D eigenvalue weighted by molar-refractivity contribution is -0.151. The molecule has 4 nitrogen and oxygen atoms in total. The molecule has 0 aliphatic rings. The van der Waals surface area contributed by atoms with Crippen LogP contribution in [0.25, 0.3) is 0 Å². The molecule has 0 spiro atoms. The maximum absolute atomic E-state index is 12.1. The zero-order chi connectivity index (χ0) is 15.1. The van der Waals surface area contributed by atoms with E-state index in [0.717, 1.165) is 5.56 Å². The molecule has 2 aromatic carbocycles. The topological polar surface area (TPSA) is 44.8 Å². The highest BCUT2D eigenvalue weighted by Gasteiger charge is 2.24. The Bertz CT molecular complexity index is 580. The van der Waals surface area contributed by atoms with Gasteiger partial charge in [0.2, 0.25) is 6.10 Å². The van der Waals surface area contributed by atoms with Gasteiger partial charge in [0.1, 0.15) is 11.5 Å². The standard InChI is InChI=1S/C17H18O4/c1-3-20-17(18)16(13-8-5-4-6-9-13)21-15-11-7-10-14(12-15)19-2/h4-12,16H,3H2,1-2H3/t16-/m1/s1. The van der Waals surface area contributed by atoms with Crippen molar-refractivity contribution in [3.63, 3.8) is 0 Å². The second-order valence-corrected chi connectivity index (χ2v) is 4.34. The monoisotopic (exact) mass is 286 g/mol. The molecule has 0 amide bonds. The minimum Gasteiger partial charge on any atom is -0.497 e. The molecule has 21 heavy (non-hydrogen) atoms. The molecule has 0 saturated heterocycles. The molecule has 0 aromatic heterocycles. The van der Waals surface area contributed by atoms with Crippen LogP contribution in [0.5, 0.6) is 11.5 Å². The number of carbonyl (C=O) groups excluding carboxylic acids is 1. The van der Waals surface area contributed by atoms with E-state index in [0.29, 0.717) is 18.1 Å². The predicted octanol–water partition coefficient (Wildman–Crippen LogP) is 3.38. The number of esters is 1. The van der Waals surface area contributed by atoms with Crippen molar-refractivity contribution >= 4 is 5.97 Å². The molecule has 0 N–H and O–H groups in total. The van der Waals surface area contributed by atoms with Gasteiger partial charge in [0.15, 0.2) is 0 Å². The fourth-order valence-corrected chi connectivity index (χ4v) is 1.91. The maximum atomic E-state index is 12.1. The van der Waals surface area contributed by atoms with Crippen LogP contribution in [0.3, 0.4) is 0 Å². The van der Waals surface area contributed by atoms with Crippen LogP contribution in [0.4, 0.5) is 0 Å². The first kappa shape index (κ1) is 14.9. The van der Waals surface area contributed by atoms with E-state index in [4.69, 9.17) is 14.2 Å². The number of rotatable bonds is 6. The fourth-order valence-electron chi connectivity index (χ4n) is 1.91. The van der Waals surface area contributed by atoms with E-state index >= 15 is 0 Å². The van der Waals surface area contributed by atoms with Gasteiger partial charge in [-0.25, -0.2) is 4.79 Å². The van der Waals surface area contributed by atoms with Crippen molar-refractivity contribution in [1.82, 2.24) is 0 Å². The summed E-state index contributed by atoms with van der Waals surface area (Å²) in [6.07, 6.45) is -0.793. The van der Waals surface area contributed by atoms with E-state index in [2.05, 4.69) is 0 Å². The molecule has 0 fully saturated rings. The highest BCUT2D eigenvalue weighted by molar-refractivity contribution is 5.77. The lowest BCUT2D eigenvalue weighted by Crippen LogP contribution is -2.21. The van der Waals surface area contributed by atoms with Gasteiger partial charge in [0.05, 0.1) is 13.7 Å². The van der Waals surface area contributed by atoms with Crippen LogP contribution in [0.1, 0.15) is 18.6 Å². The Morgan fingerprint density at radius 3 is 2.43 bits per heavy atom. The second-order valence-electron chi connectivity index (χ2n) is 4.34. The van der Waals surface area contributed by atoms with E-state index < -0.39 is 12.1 Å². The summed E-state index contributed by atoms with van der Waals surface area (Å²) in [4.78, 5) is 12.1. The number of hydrogen-bond acceptors (Lipinski definition) is 4. The van der Waals surface area contributed by atoms with Crippen molar-refractivity contribution in [2.75, 3.05) is 13.7 Å². The number of ether oxygens (including phenoxy) is 3. The van der Waals surface area contributed by atoms with E-state index in [-0.39, 0.29) is 0 Å². The molecule has 0 saturated carbocycles. The summed E-state index contributed by atoms with van der Waals surface area (Å²) < 4.78 is 16.0. The minimum absolute atomic E-state index is 0.309. The Morgan fingerprint density at radius 2 is 1.76 bits per heavy atom. The number of methoxy groups -OCH3 is 1. The first-order valence-corrected chi connectivity index (χ1v) is 6.77. The summed E-state index contributed by atoms with van der Waals surface area (Å²) in [5, 5.41) is 0. The van der Waals surface area contributed by atoms with Gasteiger partial charge >= 0.3 is 5.97 Å². The Balaban J connectivity index is 2.25. The van der Waals surface area contributed by atoms with Crippen LogP contribution in [0.15, 0.2) is 54.6 Å². The largest absolute Gasteiger partial charge is 0.497 e. The van der Waals surface area contributed by atoms with E-state index in [1.807, 2.05) is 36.4 Å². The highest BCUT2D eigenvalue weighted by Crippen LogP contribution is 2.26. The fraction of sp³-hybridized carbons (Fsp3) is 0.235. The molecule has 2 aromatic rings. The molecule has 0 heterocycles. The molecule has 0 aliphatic heterocycles. The second kappa shape index (κ2) is 7.33. The van der Waals surface area contributed by atoms with Gasteiger partial charge in [-0.1, -0.05) is 36.4 Å². The minimum atomic E-state index is -0.793. The van der Waals surface area contributed by atoms with Crippen LogP contribution in [0, 0.1) is 0 Å². The van der Waals surface area contributed by atoms with Crippen molar-refractivity contribution < 1.29 is 19.0 Å². The van der Waals surface area contributed by atoms with Crippen molar-refractivity contribution in [2.24, 2.45) is 0 Å². The Hall–Kier alpha value is -2.49. The molecule has 1 atom stereocenters. The normalized spacial score (nSPS) is 11.5. The van der Waals surface area contributed by atoms with Gasteiger partial charge in [0, 0.05) is 11.6 Å². The van der Waals surface area contributed by atoms with Crippen molar-refractivity contribution in [3.8, 4) is 11.5 Å². The summed E-state index contributed by atoms with van der Waals surface area (Å²) in [6.45, 7) is 2.08. The maximum Gasteiger partial charge on any atom is 0.352 e. The summed E-state index contributed by atoms with van der Waals surface area (Å²) in [7, 11) is 1.58. The zero-order valence-electron chi connectivity index (χ0n) is 12.1. The average Bonchev–Trinajstić information content (AvgIpc) is 2.54. The zero-order valence-corrected chi connectivity index (χ0v) is 12.1. The number of hydrogen-bond donors (Lipinski definition) is 0. The molecule has 4 heteroatoms. The lowest BCUT2D eigenvalue weighted by Gasteiger charge is -2.18. The van der Waals surface area contributed by atoms with E-state index in [9.17, 15) is 4.79 Å². The Morgan fingerprint density at radius 1 is 1.05 bits per heavy atom. The van der Waals surface area contributed by atoms with Gasteiger partial charge in [0.25, 0.3) is 0 Å². The third kappa shape index (κ3) is 3.99. The van der Waals surface area contributed by atoms with E-state index in [1.165, 1.54) is 0 Å². The van der Waals surface area contributed by atoms with Crippen LogP contribution in [-0.2, 0) is 9.53 Å². The highest BCUT2D eigenvalue weighted by atomic mass is 16.6. The van der Waals surface area contributed by atoms with Gasteiger partial charge in [-0.05, 0) is 19.1 Å². The summed E-state index contributed by atoms with van der Waals surface area (Å²) in [5.41, 5.74) is 0.749. The first-order chi connectivity index (χ1) is 10.2. The van der Waals surface area contributed by atoms with Crippen molar-refractivity contribution in [2.45, 2.75) is 13.0 Å². The van der Waals surface area contributed by atoms with Gasteiger partial charge in [-0.2, -0.15) is 0 Å². The third-order valence-electron chi connectivity index (χ3n) is 2.90. The van der Waals surface area contributed by atoms with Gasteiger partial charge in [-0.3, -0.25) is 0 Å². The molecule has 0 bridgehead atoms. The Kier molecular flexibility index (Phi) is 5.21. The van der Waals surface area contributed by atoms with Gasteiger partial charge in [-0.15, -0.1) is 0 Å². The molecular weight excluding hydrogens is 268 g/mol. The van der Waals surface area contributed by atoms with Crippen LogP contribution in [0.2, 0.25) is 0 Å². The molecule has 0 aliphatic carbocycles. The summed E-state index contributed by atoms with van der Waals surface area (Å²) in [6, 6.07) is 16.4. The van der Waals surface area contributed by atoms with Crippen LogP contribution < -0.4 is 9.47 Å². The average molecular weight is 286 g/mol. The number of benzene rings is 2. The van der Waals surface area contributed by atoms with Gasteiger partial charge < -0.3 is 14.2 Å². The van der Waals surface area contributed by atoms with Crippen molar-refractivity contribution in [1.29, 1.82) is 0 Å². The molecule has 0 radical (unpaired) electrons. The first-order valence-electron chi connectivity index (χ1n) is 6.77. The van der Waals surface area contributed by atoms with Crippen LogP contribution >= 0.6 is 0 Å². The third-order valence-corrected chi connectivity index (χ3v) is 2.90. The predicted molar refractivity (Wildman–Crippen MR) is 79.4 cm³/mol. The molecular formula is C17H18O4. The molecule has 110 valence electrons. The number of carbonyl (C=O) groups is 1. The summed E-state index contributed by atoms with van der Waals surface area (Å²) >= 11 is 0. The van der Waals surface area contributed by atoms with E-state index in [1.54, 1.807) is 32.2 Å².